The van der Waals surface area contributed by atoms with E-state index in [9.17, 15) is 8.42 Å². The Hall–Kier alpha value is -0.480. The van der Waals surface area contributed by atoms with E-state index in [0.717, 1.165) is 17.9 Å². The van der Waals surface area contributed by atoms with Gasteiger partial charge in [-0.2, -0.15) is 0 Å². The van der Waals surface area contributed by atoms with Gasteiger partial charge in [0.2, 0.25) is 8.87 Å². The number of rotatable bonds is 3. The summed E-state index contributed by atoms with van der Waals surface area (Å²) in [6.45, 7) is 2.05. The van der Waals surface area contributed by atoms with Crippen molar-refractivity contribution in [3.63, 3.8) is 0 Å². The highest BCUT2D eigenvalue weighted by Crippen LogP contribution is 2.29. The first-order valence-corrected chi connectivity index (χ1v) is 9.07. The minimum absolute atomic E-state index is 0.322. The maximum atomic E-state index is 11.5. The first-order chi connectivity index (χ1) is 8.47. The molecule has 0 amide bonds. The Morgan fingerprint density at radius 2 is 1.89 bits per heavy atom. The second-order valence-electron chi connectivity index (χ2n) is 5.27. The van der Waals surface area contributed by atoms with E-state index in [4.69, 9.17) is 0 Å². The first-order valence-electron chi connectivity index (χ1n) is 6.54. The van der Waals surface area contributed by atoms with E-state index in [1.807, 2.05) is 13.0 Å². The summed E-state index contributed by atoms with van der Waals surface area (Å²) in [6.07, 6.45) is 7.53. The normalized spacial score (nSPS) is 17.9. The van der Waals surface area contributed by atoms with Gasteiger partial charge in [0.25, 0.3) is 0 Å². The van der Waals surface area contributed by atoms with Crippen molar-refractivity contribution in [2.24, 2.45) is 5.92 Å². The monoisotopic (exact) mass is 284 g/mol. The molecule has 1 aromatic rings. The molecule has 2 nitrogen and oxygen atoms in total. The van der Waals surface area contributed by atoms with Gasteiger partial charge in [0.05, 0.1) is 4.90 Å². The Balaban J connectivity index is 2.21. The molecular weight excluding hydrogens is 264 g/mol. The van der Waals surface area contributed by atoms with E-state index in [0.29, 0.717) is 4.90 Å². The zero-order chi connectivity index (χ0) is 13.2. The average molecular weight is 284 g/mol. The molecule has 1 aliphatic rings. The van der Waals surface area contributed by atoms with Gasteiger partial charge in [0.1, 0.15) is 0 Å². The van der Waals surface area contributed by atoms with Crippen molar-refractivity contribution in [1.82, 2.24) is 0 Å². The molecule has 0 spiro atoms. The van der Waals surface area contributed by atoms with Crippen molar-refractivity contribution < 1.29 is 8.42 Å². The highest BCUT2D eigenvalue weighted by molar-refractivity contribution is 8.63. The minimum atomic E-state index is -3.39. The fourth-order valence-electron chi connectivity index (χ4n) is 2.73. The van der Waals surface area contributed by atoms with E-state index < -0.39 is 8.87 Å². The molecule has 0 heterocycles. The van der Waals surface area contributed by atoms with Crippen LogP contribution in [0.25, 0.3) is 0 Å². The maximum Gasteiger partial charge on any atom is 0.227 e. The van der Waals surface area contributed by atoms with Crippen LogP contribution in [0.1, 0.15) is 43.2 Å². The van der Waals surface area contributed by atoms with Crippen LogP contribution in [-0.2, 0) is 15.3 Å². The highest BCUT2D eigenvalue weighted by atomic mass is 33.1. The van der Waals surface area contributed by atoms with Gasteiger partial charge in [-0.25, -0.2) is 8.42 Å². The van der Waals surface area contributed by atoms with Crippen molar-refractivity contribution in [3.8, 4) is 0 Å². The molecule has 100 valence electrons. The number of hydrogen-bond donors (Lipinski definition) is 1. The third-order valence-corrected chi connectivity index (χ3v) is 5.33. The first kappa shape index (κ1) is 13.9. The fourth-order valence-corrected chi connectivity index (χ4v) is 3.60. The Morgan fingerprint density at radius 3 is 2.50 bits per heavy atom. The lowest BCUT2D eigenvalue weighted by Gasteiger charge is -2.22. The Labute approximate surface area is 115 Å². The van der Waals surface area contributed by atoms with Gasteiger partial charge in [-0.15, -0.1) is 0 Å². The molecule has 0 aliphatic heterocycles. The van der Waals surface area contributed by atoms with Crippen LogP contribution in [0.15, 0.2) is 23.1 Å². The van der Waals surface area contributed by atoms with Gasteiger partial charge in [-0.05, 0) is 54.2 Å². The molecule has 1 aromatic carbocycles. The number of thiol groups is 1. The molecule has 0 radical (unpaired) electrons. The second kappa shape index (κ2) is 5.66. The zero-order valence-electron chi connectivity index (χ0n) is 10.7. The average Bonchev–Trinajstić information content (AvgIpc) is 2.32. The second-order valence-corrected chi connectivity index (χ2v) is 8.14. The van der Waals surface area contributed by atoms with Crippen LogP contribution in [0.2, 0.25) is 0 Å². The quantitative estimate of drug-likeness (QED) is 0.678. The molecule has 0 N–H and O–H groups in total. The molecule has 1 saturated carbocycles. The standard InChI is InChI=1S/C14H20O2S2/c1-11-7-8-14(18(15,16)17)10-13(11)9-12-5-3-2-4-6-12/h7-8,10,12H,2-6,9H2,1H3,(H,15,16,17). The predicted molar refractivity (Wildman–Crippen MR) is 77.6 cm³/mol. The van der Waals surface area contributed by atoms with Crippen molar-refractivity contribution in [1.29, 1.82) is 0 Å². The Morgan fingerprint density at radius 1 is 1.22 bits per heavy atom. The summed E-state index contributed by atoms with van der Waals surface area (Å²) in [6, 6.07) is 5.33. The van der Waals surface area contributed by atoms with Crippen molar-refractivity contribution in [2.75, 3.05) is 0 Å². The molecule has 2 rings (SSSR count). The molecule has 18 heavy (non-hydrogen) atoms. The Bertz CT molecular complexity index is 515. The summed E-state index contributed by atoms with van der Waals surface area (Å²) in [5.74, 6) is 0.718. The van der Waals surface area contributed by atoms with Gasteiger partial charge in [0.15, 0.2) is 0 Å². The third-order valence-electron chi connectivity index (χ3n) is 3.85. The van der Waals surface area contributed by atoms with E-state index in [1.165, 1.54) is 37.7 Å². The molecule has 1 fully saturated rings. The van der Waals surface area contributed by atoms with Crippen molar-refractivity contribution in [2.45, 2.75) is 50.3 Å². The maximum absolute atomic E-state index is 11.5. The zero-order valence-corrected chi connectivity index (χ0v) is 12.4. The summed E-state index contributed by atoms with van der Waals surface area (Å²) in [4.78, 5) is 0.322. The predicted octanol–water partition coefficient (Wildman–Crippen LogP) is 3.74. The largest absolute Gasteiger partial charge is 0.227 e. The topological polar surface area (TPSA) is 34.1 Å². The van der Waals surface area contributed by atoms with E-state index >= 15 is 0 Å². The number of aryl methyl sites for hydroxylation is 1. The van der Waals surface area contributed by atoms with E-state index in [1.54, 1.807) is 12.1 Å². The molecular formula is C14H20O2S2. The third kappa shape index (κ3) is 3.51. The number of benzene rings is 1. The summed E-state index contributed by atoms with van der Waals surface area (Å²) in [5.41, 5.74) is 2.35. The number of hydrogen-bond acceptors (Lipinski definition) is 2. The van der Waals surface area contributed by atoms with Gasteiger partial charge in [-0.1, -0.05) is 38.2 Å². The van der Waals surface area contributed by atoms with Crippen molar-refractivity contribution in [3.05, 3.63) is 29.3 Å². The van der Waals surface area contributed by atoms with Crippen LogP contribution in [-0.4, -0.2) is 8.42 Å². The summed E-state index contributed by atoms with van der Waals surface area (Å²) >= 11 is 3.66. The van der Waals surface area contributed by atoms with Crippen LogP contribution in [0, 0.1) is 12.8 Å². The molecule has 0 atom stereocenters. The molecule has 4 heteroatoms. The lowest BCUT2D eigenvalue weighted by atomic mass is 9.84. The molecule has 0 saturated heterocycles. The minimum Gasteiger partial charge on any atom is -0.212 e. The summed E-state index contributed by atoms with van der Waals surface area (Å²) in [5, 5.41) is 0. The van der Waals surface area contributed by atoms with Crippen LogP contribution in [0.5, 0.6) is 0 Å². The van der Waals surface area contributed by atoms with Crippen LogP contribution >= 0.6 is 11.7 Å². The van der Waals surface area contributed by atoms with E-state index in [-0.39, 0.29) is 0 Å². The van der Waals surface area contributed by atoms with Crippen LogP contribution in [0.4, 0.5) is 0 Å². The van der Waals surface area contributed by atoms with Gasteiger partial charge < -0.3 is 0 Å². The van der Waals surface area contributed by atoms with Gasteiger partial charge >= 0.3 is 0 Å². The summed E-state index contributed by atoms with van der Waals surface area (Å²) < 4.78 is 22.9. The van der Waals surface area contributed by atoms with Gasteiger partial charge in [0, 0.05) is 0 Å². The van der Waals surface area contributed by atoms with Crippen molar-refractivity contribution >= 4 is 20.5 Å². The Kier molecular flexibility index (Phi) is 4.38. The highest BCUT2D eigenvalue weighted by Gasteiger charge is 2.16. The molecule has 0 unspecified atom stereocenters. The molecule has 0 bridgehead atoms. The lowest BCUT2D eigenvalue weighted by Crippen LogP contribution is -2.10. The molecule has 0 aromatic heterocycles. The van der Waals surface area contributed by atoms with Crippen LogP contribution in [0.3, 0.4) is 0 Å². The molecule has 1 aliphatic carbocycles. The fraction of sp³-hybridized carbons (Fsp3) is 0.571. The smallest absolute Gasteiger partial charge is 0.212 e. The van der Waals surface area contributed by atoms with Gasteiger partial charge in [-0.3, -0.25) is 0 Å². The van der Waals surface area contributed by atoms with E-state index in [2.05, 4.69) is 11.7 Å². The van der Waals surface area contributed by atoms with Crippen LogP contribution < -0.4 is 0 Å². The lowest BCUT2D eigenvalue weighted by molar-refractivity contribution is 0.356. The SMILES string of the molecule is Cc1ccc(S(=O)(=O)S)cc1CC1CCCCC1. The summed E-state index contributed by atoms with van der Waals surface area (Å²) in [7, 11) is -3.39.